The van der Waals surface area contributed by atoms with E-state index >= 15 is 0 Å². The summed E-state index contributed by atoms with van der Waals surface area (Å²) in [7, 11) is 0. The molecule has 2 aromatic carbocycles. The summed E-state index contributed by atoms with van der Waals surface area (Å²) in [6, 6.07) is 7.46. The van der Waals surface area contributed by atoms with Gasteiger partial charge in [-0.15, -0.1) is 0 Å². The van der Waals surface area contributed by atoms with Crippen LogP contribution in [0.2, 0.25) is 5.02 Å². The lowest BCUT2D eigenvalue weighted by Crippen LogP contribution is -2.38. The maximum atomic E-state index is 14.0. The van der Waals surface area contributed by atoms with Crippen molar-refractivity contribution in [3.8, 4) is 0 Å². The molecule has 0 atom stereocenters. The molecule has 0 bridgehead atoms. The molecule has 7 heteroatoms. The van der Waals surface area contributed by atoms with Crippen LogP contribution in [0.15, 0.2) is 36.4 Å². The second-order valence-electron chi connectivity index (χ2n) is 7.01. The summed E-state index contributed by atoms with van der Waals surface area (Å²) in [4.78, 5) is 26.3. The second-order valence-corrected chi connectivity index (χ2v) is 7.44. The van der Waals surface area contributed by atoms with E-state index in [1.165, 1.54) is 12.1 Å². The Morgan fingerprint density at radius 2 is 1.85 bits per heavy atom. The summed E-state index contributed by atoms with van der Waals surface area (Å²) in [5, 5.41) is 0.313. The van der Waals surface area contributed by atoms with Gasteiger partial charge in [-0.2, -0.15) is 0 Å². The van der Waals surface area contributed by atoms with Crippen LogP contribution in [0.3, 0.4) is 0 Å². The summed E-state index contributed by atoms with van der Waals surface area (Å²) in [5.41, 5.74) is -0.289. The van der Waals surface area contributed by atoms with Gasteiger partial charge in [0.15, 0.2) is 0 Å². The number of hydrogen-bond acceptors (Lipinski definition) is 3. The van der Waals surface area contributed by atoms with E-state index in [0.29, 0.717) is 10.6 Å². The molecule has 0 N–H and O–H groups in total. The zero-order chi connectivity index (χ0) is 19.9. The number of rotatable bonds is 1. The highest BCUT2D eigenvalue weighted by Crippen LogP contribution is 2.40. The van der Waals surface area contributed by atoms with Crippen molar-refractivity contribution in [2.45, 2.75) is 26.4 Å². The van der Waals surface area contributed by atoms with E-state index in [1.807, 2.05) is 0 Å². The molecule has 0 aliphatic carbocycles. The molecule has 0 saturated carbocycles. The number of halogens is 3. The van der Waals surface area contributed by atoms with Crippen LogP contribution in [-0.2, 0) is 9.53 Å². The number of carbonyl (C=O) groups is 2. The van der Waals surface area contributed by atoms with Crippen molar-refractivity contribution in [1.82, 2.24) is 0 Å². The predicted molar refractivity (Wildman–Crippen MR) is 99.4 cm³/mol. The van der Waals surface area contributed by atoms with Crippen molar-refractivity contribution in [2.24, 2.45) is 0 Å². The van der Waals surface area contributed by atoms with Crippen molar-refractivity contribution in [3.63, 3.8) is 0 Å². The molecule has 0 spiro atoms. The van der Waals surface area contributed by atoms with Gasteiger partial charge < -0.3 is 4.74 Å². The van der Waals surface area contributed by atoms with Gasteiger partial charge in [-0.1, -0.05) is 17.7 Å². The first kappa shape index (κ1) is 19.0. The van der Waals surface area contributed by atoms with Crippen molar-refractivity contribution in [3.05, 3.63) is 64.2 Å². The van der Waals surface area contributed by atoms with Crippen LogP contribution >= 0.6 is 11.6 Å². The topological polar surface area (TPSA) is 46.6 Å². The average Bonchev–Trinajstić information content (AvgIpc) is 2.80. The molecule has 27 heavy (non-hydrogen) atoms. The Morgan fingerprint density at radius 1 is 1.15 bits per heavy atom. The first-order chi connectivity index (χ1) is 12.6. The van der Waals surface area contributed by atoms with Gasteiger partial charge >= 0.3 is 6.09 Å². The minimum Gasteiger partial charge on any atom is -0.443 e. The number of carbonyl (C=O) groups excluding carboxylic acids is 2. The van der Waals surface area contributed by atoms with Crippen LogP contribution in [-0.4, -0.2) is 17.6 Å². The van der Waals surface area contributed by atoms with Gasteiger partial charge in [0, 0.05) is 16.1 Å². The minimum absolute atomic E-state index is 0.0389. The summed E-state index contributed by atoms with van der Waals surface area (Å²) < 4.78 is 32.8. The van der Waals surface area contributed by atoms with Gasteiger partial charge in [0.1, 0.15) is 17.2 Å². The fourth-order valence-corrected chi connectivity index (χ4v) is 2.84. The van der Waals surface area contributed by atoms with Gasteiger partial charge in [-0.3, -0.25) is 4.79 Å². The summed E-state index contributed by atoms with van der Waals surface area (Å²) >= 11 is 6.01. The lowest BCUT2D eigenvalue weighted by atomic mass is 10.0. The van der Waals surface area contributed by atoms with Gasteiger partial charge in [0.2, 0.25) is 0 Å². The monoisotopic (exact) mass is 391 g/mol. The average molecular weight is 392 g/mol. The SMILES string of the molecule is CC(C)(C)OC(=O)N1C(=O)C(=Cc2cc(F)ccc2F)c2ccc(Cl)cc21. The number of hydrogen-bond donors (Lipinski definition) is 0. The van der Waals surface area contributed by atoms with E-state index < -0.39 is 29.2 Å². The molecule has 140 valence electrons. The number of ether oxygens (including phenoxy) is 1. The smallest absolute Gasteiger partial charge is 0.422 e. The van der Waals surface area contributed by atoms with Gasteiger partial charge in [0.05, 0.1) is 11.3 Å². The van der Waals surface area contributed by atoms with Crippen LogP contribution in [0.25, 0.3) is 11.6 Å². The summed E-state index contributed by atoms with van der Waals surface area (Å²) in [6.07, 6.45) is 0.330. The number of anilines is 1. The molecule has 4 nitrogen and oxygen atoms in total. The molecule has 3 rings (SSSR count). The van der Waals surface area contributed by atoms with E-state index in [1.54, 1.807) is 32.9 Å². The van der Waals surface area contributed by atoms with E-state index in [4.69, 9.17) is 16.3 Å². The Bertz CT molecular complexity index is 980. The predicted octanol–water partition coefficient (Wildman–Crippen LogP) is 5.44. The first-order valence-corrected chi connectivity index (χ1v) is 8.49. The quantitative estimate of drug-likeness (QED) is 0.608. The minimum atomic E-state index is -0.876. The number of benzene rings is 2. The molecular weight excluding hydrogens is 376 g/mol. The van der Waals surface area contributed by atoms with Crippen LogP contribution in [0.4, 0.5) is 19.3 Å². The lowest BCUT2D eigenvalue weighted by molar-refractivity contribution is -0.112. The molecule has 1 aliphatic heterocycles. The molecule has 0 unspecified atom stereocenters. The molecule has 0 radical (unpaired) electrons. The van der Waals surface area contributed by atoms with E-state index in [-0.39, 0.29) is 16.8 Å². The largest absolute Gasteiger partial charge is 0.443 e. The second kappa shape index (κ2) is 6.78. The zero-order valence-corrected chi connectivity index (χ0v) is 15.6. The molecule has 2 aromatic rings. The highest BCUT2D eigenvalue weighted by atomic mass is 35.5. The lowest BCUT2D eigenvalue weighted by Gasteiger charge is -2.23. The Labute approximate surface area is 160 Å². The number of nitrogens with zero attached hydrogens (tertiary/aromatic N) is 1. The van der Waals surface area contributed by atoms with Crippen molar-refractivity contribution < 1.29 is 23.1 Å². The van der Waals surface area contributed by atoms with Crippen LogP contribution in [0.1, 0.15) is 31.9 Å². The van der Waals surface area contributed by atoms with Crippen molar-refractivity contribution in [2.75, 3.05) is 4.90 Å². The Kier molecular flexibility index (Phi) is 4.78. The standard InChI is InChI=1S/C20H16ClF2NO3/c1-20(2,3)27-19(26)24-17-10-12(21)4-6-14(17)15(18(24)25)9-11-8-13(22)5-7-16(11)23/h4-10H,1-3H3. The molecule has 0 saturated heterocycles. The molecule has 0 aromatic heterocycles. The molecule has 1 heterocycles. The Balaban J connectivity index is 2.13. The normalized spacial score (nSPS) is 15.3. The van der Waals surface area contributed by atoms with Crippen LogP contribution in [0.5, 0.6) is 0 Å². The highest BCUT2D eigenvalue weighted by Gasteiger charge is 2.39. The van der Waals surface area contributed by atoms with Gasteiger partial charge in [-0.05, 0) is 57.2 Å². The molecule has 2 amide bonds. The number of imide groups is 1. The third-order valence-electron chi connectivity index (χ3n) is 3.76. The maximum absolute atomic E-state index is 14.0. The van der Waals surface area contributed by atoms with E-state index in [0.717, 1.165) is 23.1 Å². The third-order valence-corrected chi connectivity index (χ3v) is 3.99. The van der Waals surface area contributed by atoms with Gasteiger partial charge in [-0.25, -0.2) is 18.5 Å². The molecule has 1 aliphatic rings. The zero-order valence-electron chi connectivity index (χ0n) is 14.8. The van der Waals surface area contributed by atoms with Crippen LogP contribution in [0, 0.1) is 11.6 Å². The maximum Gasteiger partial charge on any atom is 0.422 e. The molecule has 0 fully saturated rings. The first-order valence-electron chi connectivity index (χ1n) is 8.11. The summed E-state index contributed by atoms with van der Waals surface area (Å²) in [6.45, 7) is 5.01. The number of fused-ring (bicyclic) bond motifs is 1. The van der Waals surface area contributed by atoms with Gasteiger partial charge in [0.25, 0.3) is 5.91 Å². The third kappa shape index (κ3) is 3.85. The fraction of sp³-hybridized carbons (Fsp3) is 0.200. The Hall–Kier alpha value is -2.73. The highest BCUT2D eigenvalue weighted by molar-refractivity contribution is 6.42. The van der Waals surface area contributed by atoms with E-state index in [2.05, 4.69) is 0 Å². The van der Waals surface area contributed by atoms with Crippen molar-refractivity contribution in [1.29, 1.82) is 0 Å². The summed E-state index contributed by atoms with van der Waals surface area (Å²) in [5.74, 6) is -2.04. The van der Waals surface area contributed by atoms with E-state index in [9.17, 15) is 18.4 Å². The Morgan fingerprint density at radius 3 is 2.52 bits per heavy atom. The van der Waals surface area contributed by atoms with Crippen molar-refractivity contribution >= 4 is 40.9 Å². The van der Waals surface area contributed by atoms with Crippen LogP contribution < -0.4 is 4.90 Å². The number of amides is 2. The molecular formula is C20H16ClF2NO3. The fourth-order valence-electron chi connectivity index (χ4n) is 2.67.